The number of likely N-dealkylation sites (tertiary alicyclic amines) is 2. The maximum Gasteiger partial charge on any atom is 0.409 e. The van der Waals surface area contributed by atoms with Crippen LogP contribution in [-0.2, 0) is 16.1 Å². The molecule has 5 heteroatoms. The fourth-order valence-electron chi connectivity index (χ4n) is 3.84. The Hall–Kier alpha value is -2.04. The van der Waals surface area contributed by atoms with Gasteiger partial charge in [-0.2, -0.15) is 0 Å². The van der Waals surface area contributed by atoms with E-state index in [2.05, 4.69) is 0 Å². The van der Waals surface area contributed by atoms with E-state index in [1.807, 2.05) is 35.2 Å². The van der Waals surface area contributed by atoms with Gasteiger partial charge in [0.15, 0.2) is 0 Å². The first kappa shape index (κ1) is 15.8. The van der Waals surface area contributed by atoms with Gasteiger partial charge in [-0.25, -0.2) is 4.79 Å². The summed E-state index contributed by atoms with van der Waals surface area (Å²) in [5.74, 6) is 0.0926. The second-order valence-electron chi connectivity index (χ2n) is 6.37. The van der Waals surface area contributed by atoms with Gasteiger partial charge in [-0.1, -0.05) is 30.3 Å². The minimum atomic E-state index is -0.305. The molecule has 0 saturated carbocycles. The number of piperidine rings is 1. The Morgan fingerprint density at radius 3 is 2.65 bits per heavy atom. The lowest BCUT2D eigenvalue weighted by Gasteiger charge is -2.37. The van der Waals surface area contributed by atoms with Gasteiger partial charge in [-0.15, -0.1) is 0 Å². The summed E-state index contributed by atoms with van der Waals surface area (Å²) in [4.78, 5) is 28.5. The zero-order valence-corrected chi connectivity index (χ0v) is 13.6. The van der Waals surface area contributed by atoms with Crippen molar-refractivity contribution in [3.05, 3.63) is 35.9 Å². The van der Waals surface area contributed by atoms with Crippen LogP contribution in [0, 0.1) is 5.92 Å². The maximum atomic E-state index is 12.9. The molecule has 23 heavy (non-hydrogen) atoms. The van der Waals surface area contributed by atoms with Gasteiger partial charge in [-0.05, 0) is 31.2 Å². The van der Waals surface area contributed by atoms with Crippen molar-refractivity contribution in [3.8, 4) is 0 Å². The first-order valence-electron chi connectivity index (χ1n) is 8.38. The largest absolute Gasteiger partial charge is 0.453 e. The second-order valence-corrected chi connectivity index (χ2v) is 6.37. The predicted octanol–water partition coefficient (Wildman–Crippen LogP) is 2.66. The van der Waals surface area contributed by atoms with Crippen molar-refractivity contribution in [2.45, 2.75) is 38.3 Å². The zero-order chi connectivity index (χ0) is 16.2. The normalized spacial score (nSPS) is 24.8. The van der Waals surface area contributed by atoms with Crippen LogP contribution in [0.3, 0.4) is 0 Å². The van der Waals surface area contributed by atoms with Crippen molar-refractivity contribution in [1.82, 2.24) is 9.80 Å². The average molecular weight is 316 g/mol. The van der Waals surface area contributed by atoms with Crippen molar-refractivity contribution in [1.29, 1.82) is 0 Å². The summed E-state index contributed by atoms with van der Waals surface area (Å²) >= 11 is 0. The van der Waals surface area contributed by atoms with Crippen LogP contribution >= 0.6 is 0 Å². The van der Waals surface area contributed by atoms with E-state index in [0.717, 1.165) is 37.8 Å². The molecule has 2 atom stereocenters. The summed E-state index contributed by atoms with van der Waals surface area (Å²) in [7, 11) is 1.40. The lowest BCUT2D eigenvalue weighted by molar-refractivity contribution is -0.141. The highest BCUT2D eigenvalue weighted by molar-refractivity contribution is 5.81. The molecule has 0 aliphatic carbocycles. The van der Waals surface area contributed by atoms with Crippen molar-refractivity contribution in [2.75, 3.05) is 20.2 Å². The van der Waals surface area contributed by atoms with Gasteiger partial charge in [0.1, 0.15) is 0 Å². The average Bonchev–Trinajstić information content (AvgIpc) is 3.06. The highest BCUT2D eigenvalue weighted by Crippen LogP contribution is 2.32. The third-order valence-electron chi connectivity index (χ3n) is 4.96. The Labute approximate surface area is 137 Å². The number of hydrogen-bond donors (Lipinski definition) is 0. The van der Waals surface area contributed by atoms with Gasteiger partial charge >= 0.3 is 6.09 Å². The lowest BCUT2D eigenvalue weighted by Crippen LogP contribution is -2.50. The molecule has 0 N–H and O–H groups in total. The Morgan fingerprint density at radius 2 is 1.91 bits per heavy atom. The van der Waals surface area contributed by atoms with E-state index in [4.69, 9.17) is 4.74 Å². The quantitative estimate of drug-likeness (QED) is 0.861. The third-order valence-corrected chi connectivity index (χ3v) is 4.96. The van der Waals surface area contributed by atoms with Crippen molar-refractivity contribution in [3.63, 3.8) is 0 Å². The maximum absolute atomic E-state index is 12.9. The van der Waals surface area contributed by atoms with Crippen molar-refractivity contribution >= 4 is 12.0 Å². The molecule has 1 unspecified atom stereocenters. The van der Waals surface area contributed by atoms with Gasteiger partial charge < -0.3 is 14.5 Å². The van der Waals surface area contributed by atoms with E-state index >= 15 is 0 Å². The SMILES string of the molecule is COC(=O)N1CCC[C@H]1C1CCCN(Cc2ccccc2)C1=O. The number of carbonyl (C=O) groups excluding carboxylic acids is 2. The Balaban J connectivity index is 1.71. The van der Waals surface area contributed by atoms with E-state index in [1.54, 1.807) is 4.90 Å². The molecule has 5 nitrogen and oxygen atoms in total. The monoisotopic (exact) mass is 316 g/mol. The van der Waals surface area contributed by atoms with Gasteiger partial charge in [0.05, 0.1) is 13.0 Å². The zero-order valence-electron chi connectivity index (χ0n) is 13.6. The van der Waals surface area contributed by atoms with E-state index in [0.29, 0.717) is 13.1 Å². The minimum absolute atomic E-state index is 0.00600. The van der Waals surface area contributed by atoms with Crippen LogP contribution in [0.25, 0.3) is 0 Å². The van der Waals surface area contributed by atoms with Crippen molar-refractivity contribution in [2.24, 2.45) is 5.92 Å². The molecule has 3 rings (SSSR count). The smallest absolute Gasteiger partial charge is 0.409 e. The molecule has 124 valence electrons. The van der Waals surface area contributed by atoms with E-state index < -0.39 is 0 Å². The van der Waals surface area contributed by atoms with E-state index in [1.165, 1.54) is 7.11 Å². The predicted molar refractivity (Wildman–Crippen MR) is 86.7 cm³/mol. The molecule has 0 aromatic heterocycles. The molecule has 2 amide bonds. The van der Waals surface area contributed by atoms with E-state index in [-0.39, 0.29) is 24.0 Å². The summed E-state index contributed by atoms with van der Waals surface area (Å²) in [6.45, 7) is 2.15. The van der Waals surface area contributed by atoms with Crippen LogP contribution in [0.1, 0.15) is 31.2 Å². The van der Waals surface area contributed by atoms with Crippen LogP contribution in [0.5, 0.6) is 0 Å². The molecule has 2 fully saturated rings. The molecule has 2 heterocycles. The first-order valence-corrected chi connectivity index (χ1v) is 8.38. The van der Waals surface area contributed by atoms with Crippen LogP contribution < -0.4 is 0 Å². The lowest BCUT2D eigenvalue weighted by atomic mass is 9.88. The van der Waals surface area contributed by atoms with Gasteiger partial charge in [0.25, 0.3) is 0 Å². The first-order chi connectivity index (χ1) is 11.2. The highest BCUT2D eigenvalue weighted by atomic mass is 16.5. The Morgan fingerprint density at radius 1 is 1.17 bits per heavy atom. The number of carbonyl (C=O) groups is 2. The van der Waals surface area contributed by atoms with Gasteiger partial charge in [0.2, 0.25) is 5.91 Å². The standard InChI is InChI=1S/C18H24N2O3/c1-23-18(22)20-12-6-10-16(20)15-9-5-11-19(17(15)21)13-14-7-3-2-4-8-14/h2-4,7-8,15-16H,5-6,9-13H2,1H3/t15?,16-/m0/s1. The summed E-state index contributed by atoms with van der Waals surface area (Å²) < 4.78 is 4.88. The molecule has 1 aromatic carbocycles. The number of methoxy groups -OCH3 is 1. The molecule has 2 aliphatic rings. The Bertz CT molecular complexity index is 561. The minimum Gasteiger partial charge on any atom is -0.453 e. The number of amides is 2. The topological polar surface area (TPSA) is 49.9 Å². The molecular formula is C18H24N2O3. The number of benzene rings is 1. The fourth-order valence-corrected chi connectivity index (χ4v) is 3.84. The number of hydrogen-bond acceptors (Lipinski definition) is 3. The summed E-state index contributed by atoms with van der Waals surface area (Å²) in [5.41, 5.74) is 1.15. The molecule has 2 saturated heterocycles. The summed E-state index contributed by atoms with van der Waals surface area (Å²) in [5, 5.41) is 0. The van der Waals surface area contributed by atoms with Crippen LogP contribution in [-0.4, -0.2) is 48.0 Å². The third kappa shape index (κ3) is 3.33. The molecule has 1 aromatic rings. The summed E-state index contributed by atoms with van der Waals surface area (Å²) in [6, 6.07) is 10.1. The molecule has 0 radical (unpaired) electrons. The van der Waals surface area contributed by atoms with Crippen LogP contribution in [0.2, 0.25) is 0 Å². The Kier molecular flexibility index (Phi) is 4.84. The van der Waals surface area contributed by atoms with Crippen LogP contribution in [0.4, 0.5) is 4.79 Å². The van der Waals surface area contributed by atoms with Crippen LogP contribution in [0.15, 0.2) is 30.3 Å². The van der Waals surface area contributed by atoms with Crippen molar-refractivity contribution < 1.29 is 14.3 Å². The molecule has 0 spiro atoms. The molecular weight excluding hydrogens is 292 g/mol. The molecule has 2 aliphatic heterocycles. The van der Waals surface area contributed by atoms with E-state index in [9.17, 15) is 9.59 Å². The molecule has 0 bridgehead atoms. The number of rotatable bonds is 3. The number of nitrogens with zero attached hydrogens (tertiary/aromatic N) is 2. The summed E-state index contributed by atoms with van der Waals surface area (Å²) in [6.07, 6.45) is 3.39. The second kappa shape index (κ2) is 7.02. The highest BCUT2D eigenvalue weighted by Gasteiger charge is 2.41. The van der Waals surface area contributed by atoms with Gasteiger partial charge in [-0.3, -0.25) is 4.79 Å². The van der Waals surface area contributed by atoms with Gasteiger partial charge in [0, 0.05) is 25.7 Å². The number of ether oxygens (including phenoxy) is 1. The fraction of sp³-hybridized carbons (Fsp3) is 0.556.